The fourth-order valence-corrected chi connectivity index (χ4v) is 7.12. The lowest BCUT2D eigenvalue weighted by Gasteiger charge is -2.49. The van der Waals surface area contributed by atoms with Crippen LogP contribution in [-0.4, -0.2) is 16.2 Å². The van der Waals surface area contributed by atoms with E-state index in [9.17, 15) is 15.0 Å². The van der Waals surface area contributed by atoms with Gasteiger partial charge in [0.1, 0.15) is 5.75 Å². The Kier molecular flexibility index (Phi) is 4.88. The molecule has 5 rings (SSSR count). The Labute approximate surface area is 179 Å². The Bertz CT molecular complexity index is 964. The molecule has 3 aliphatic rings. The third-order valence-electron chi connectivity index (χ3n) is 8.60. The standard InChI is InChI=1S/C27H32O3/c1-27-14-5-8-23(27)19-12-10-18-16-22(26(29)30)21(11-9-17-6-3-2-4-7-17)25(28)24(18)20(19)13-15-27/h2-4,6-7,16,19-20,23,28H,5,8-15H2,1H3,(H,29,30)/t19-,20+,23+,27+/m1/s1. The predicted octanol–water partition coefficient (Wildman–Crippen LogP) is 6.12. The molecule has 2 aromatic carbocycles. The SMILES string of the molecule is C[C@@]12CCC[C@H]1[C@@H]1CCc3cc(C(=O)O)c(CCc4ccccc4)c(O)c3[C@H]1CC2. The molecule has 0 radical (unpaired) electrons. The maximum Gasteiger partial charge on any atom is 0.336 e. The quantitative estimate of drug-likeness (QED) is 0.645. The highest BCUT2D eigenvalue weighted by atomic mass is 16.4. The van der Waals surface area contributed by atoms with Crippen molar-refractivity contribution in [1.82, 2.24) is 0 Å². The third-order valence-corrected chi connectivity index (χ3v) is 8.60. The number of hydrogen-bond acceptors (Lipinski definition) is 2. The second-order valence-electron chi connectivity index (χ2n) is 10.1. The molecule has 0 amide bonds. The van der Waals surface area contributed by atoms with E-state index >= 15 is 0 Å². The van der Waals surface area contributed by atoms with E-state index in [0.29, 0.717) is 34.8 Å². The fourth-order valence-electron chi connectivity index (χ4n) is 7.12. The zero-order valence-corrected chi connectivity index (χ0v) is 17.9. The lowest BCUT2D eigenvalue weighted by atomic mass is 9.55. The van der Waals surface area contributed by atoms with Crippen molar-refractivity contribution in [2.45, 2.75) is 70.6 Å². The van der Waals surface area contributed by atoms with Crippen molar-refractivity contribution in [3.05, 3.63) is 64.2 Å². The van der Waals surface area contributed by atoms with Crippen molar-refractivity contribution in [3.63, 3.8) is 0 Å². The molecule has 0 heterocycles. The van der Waals surface area contributed by atoms with Crippen molar-refractivity contribution >= 4 is 5.97 Å². The lowest BCUT2D eigenvalue weighted by molar-refractivity contribution is 0.0587. The van der Waals surface area contributed by atoms with Gasteiger partial charge in [-0.05, 0) is 91.7 Å². The first-order valence-corrected chi connectivity index (χ1v) is 11.6. The first kappa shape index (κ1) is 19.7. The molecule has 0 spiro atoms. The second-order valence-corrected chi connectivity index (χ2v) is 10.1. The van der Waals surface area contributed by atoms with Gasteiger partial charge in [0.15, 0.2) is 0 Å². The van der Waals surface area contributed by atoms with Crippen LogP contribution in [0.1, 0.15) is 84.0 Å². The molecule has 2 saturated carbocycles. The Morgan fingerprint density at radius 2 is 1.90 bits per heavy atom. The Morgan fingerprint density at radius 1 is 1.10 bits per heavy atom. The highest BCUT2D eigenvalue weighted by molar-refractivity contribution is 5.91. The van der Waals surface area contributed by atoms with Gasteiger partial charge in [-0.25, -0.2) is 4.79 Å². The van der Waals surface area contributed by atoms with Gasteiger partial charge < -0.3 is 10.2 Å². The summed E-state index contributed by atoms with van der Waals surface area (Å²) in [5.74, 6) is 1.16. The van der Waals surface area contributed by atoms with E-state index in [1.54, 1.807) is 0 Å². The Hall–Kier alpha value is -2.29. The second kappa shape index (κ2) is 7.44. The van der Waals surface area contributed by atoms with Crippen LogP contribution in [0, 0.1) is 17.3 Å². The number of phenolic OH excluding ortho intramolecular Hbond substituents is 1. The minimum absolute atomic E-state index is 0.289. The number of rotatable bonds is 4. The monoisotopic (exact) mass is 404 g/mol. The van der Waals surface area contributed by atoms with Crippen LogP contribution in [0.3, 0.4) is 0 Å². The average Bonchev–Trinajstić information content (AvgIpc) is 3.15. The van der Waals surface area contributed by atoms with Gasteiger partial charge in [0.05, 0.1) is 5.56 Å². The summed E-state index contributed by atoms with van der Waals surface area (Å²) < 4.78 is 0. The topological polar surface area (TPSA) is 57.5 Å². The zero-order chi connectivity index (χ0) is 20.9. The number of fused-ring (bicyclic) bond motifs is 5. The molecule has 158 valence electrons. The minimum atomic E-state index is -0.926. The Balaban J connectivity index is 1.53. The number of carbonyl (C=O) groups is 1. The molecule has 3 aliphatic carbocycles. The van der Waals surface area contributed by atoms with Crippen molar-refractivity contribution in [1.29, 1.82) is 0 Å². The van der Waals surface area contributed by atoms with E-state index in [-0.39, 0.29) is 5.75 Å². The number of carboxylic acids is 1. The van der Waals surface area contributed by atoms with Crippen LogP contribution in [-0.2, 0) is 19.3 Å². The highest BCUT2D eigenvalue weighted by Crippen LogP contribution is 2.62. The molecule has 2 N–H and O–H groups in total. The maximum atomic E-state index is 12.0. The van der Waals surface area contributed by atoms with Gasteiger partial charge in [-0.3, -0.25) is 0 Å². The number of phenols is 1. The largest absolute Gasteiger partial charge is 0.507 e. The van der Waals surface area contributed by atoms with Gasteiger partial charge in [0, 0.05) is 11.1 Å². The molecule has 0 bridgehead atoms. The number of aromatic hydroxyl groups is 1. The van der Waals surface area contributed by atoms with Gasteiger partial charge in [0.2, 0.25) is 0 Å². The predicted molar refractivity (Wildman–Crippen MR) is 118 cm³/mol. The van der Waals surface area contributed by atoms with Crippen molar-refractivity contribution < 1.29 is 15.0 Å². The summed E-state index contributed by atoms with van der Waals surface area (Å²) in [5, 5.41) is 21.3. The highest BCUT2D eigenvalue weighted by Gasteiger charge is 2.51. The summed E-state index contributed by atoms with van der Waals surface area (Å²) in [7, 11) is 0. The van der Waals surface area contributed by atoms with Crippen LogP contribution in [0.15, 0.2) is 36.4 Å². The lowest BCUT2D eigenvalue weighted by Crippen LogP contribution is -2.39. The van der Waals surface area contributed by atoms with Gasteiger partial charge >= 0.3 is 5.97 Å². The summed E-state index contributed by atoms with van der Waals surface area (Å²) in [6.45, 7) is 2.48. The summed E-state index contributed by atoms with van der Waals surface area (Å²) >= 11 is 0. The molecule has 3 heteroatoms. The molecule has 0 saturated heterocycles. The van der Waals surface area contributed by atoms with Crippen molar-refractivity contribution in [3.8, 4) is 5.75 Å². The molecule has 3 nitrogen and oxygen atoms in total. The number of hydrogen-bond donors (Lipinski definition) is 2. The fraction of sp³-hybridized carbons (Fsp3) is 0.519. The first-order valence-electron chi connectivity index (χ1n) is 11.6. The average molecular weight is 405 g/mol. The van der Waals surface area contributed by atoms with E-state index in [2.05, 4.69) is 19.1 Å². The van der Waals surface area contributed by atoms with Gasteiger partial charge in [-0.1, -0.05) is 43.7 Å². The van der Waals surface area contributed by atoms with Crippen LogP contribution < -0.4 is 0 Å². The summed E-state index contributed by atoms with van der Waals surface area (Å²) in [6, 6.07) is 12.0. The number of carboxylic acid groups (broad SMARTS) is 1. The van der Waals surface area contributed by atoms with Crippen LogP contribution in [0.25, 0.3) is 0 Å². The maximum absolute atomic E-state index is 12.0. The van der Waals surface area contributed by atoms with Crippen LogP contribution in [0.4, 0.5) is 0 Å². The van der Waals surface area contributed by atoms with E-state index in [1.807, 2.05) is 24.3 Å². The third kappa shape index (κ3) is 3.14. The van der Waals surface area contributed by atoms with E-state index < -0.39 is 5.97 Å². The van der Waals surface area contributed by atoms with Gasteiger partial charge in [0.25, 0.3) is 0 Å². The molecule has 2 aromatic rings. The van der Waals surface area contributed by atoms with E-state index in [1.165, 1.54) is 31.2 Å². The van der Waals surface area contributed by atoms with Crippen molar-refractivity contribution in [2.75, 3.05) is 0 Å². The summed E-state index contributed by atoms with van der Waals surface area (Å²) in [5.41, 5.74) is 4.74. The molecular formula is C27H32O3. The van der Waals surface area contributed by atoms with E-state index in [0.717, 1.165) is 42.7 Å². The van der Waals surface area contributed by atoms with Crippen molar-refractivity contribution in [2.24, 2.45) is 17.3 Å². The molecular weight excluding hydrogens is 372 g/mol. The van der Waals surface area contributed by atoms with E-state index in [4.69, 9.17) is 0 Å². The molecule has 2 fully saturated rings. The molecule has 30 heavy (non-hydrogen) atoms. The summed E-state index contributed by atoms with van der Waals surface area (Å²) in [6.07, 6.45) is 9.70. The number of aryl methyl sites for hydroxylation is 2. The van der Waals surface area contributed by atoms with Crippen LogP contribution in [0.5, 0.6) is 5.75 Å². The normalized spacial score (nSPS) is 29.7. The first-order chi connectivity index (χ1) is 14.5. The van der Waals surface area contributed by atoms with Gasteiger partial charge in [-0.15, -0.1) is 0 Å². The molecule has 0 unspecified atom stereocenters. The number of benzene rings is 2. The minimum Gasteiger partial charge on any atom is -0.507 e. The van der Waals surface area contributed by atoms with Gasteiger partial charge in [-0.2, -0.15) is 0 Å². The number of aromatic carboxylic acids is 1. The zero-order valence-electron chi connectivity index (χ0n) is 17.9. The van der Waals surface area contributed by atoms with Crippen LogP contribution >= 0.6 is 0 Å². The molecule has 0 aliphatic heterocycles. The summed E-state index contributed by atoms with van der Waals surface area (Å²) in [4.78, 5) is 12.0. The molecule has 0 aromatic heterocycles. The van der Waals surface area contributed by atoms with Crippen LogP contribution in [0.2, 0.25) is 0 Å². The smallest absolute Gasteiger partial charge is 0.336 e. The Morgan fingerprint density at radius 3 is 2.67 bits per heavy atom. The molecule has 4 atom stereocenters.